The van der Waals surface area contributed by atoms with E-state index in [-0.39, 0.29) is 24.9 Å². The fraction of sp³-hybridized carbons (Fsp3) is 0.727. The fourth-order valence-corrected chi connectivity index (χ4v) is 2.89. The molecular formula is C11H19N5O3S. The summed E-state index contributed by atoms with van der Waals surface area (Å²) in [5, 5.41) is 8.09. The van der Waals surface area contributed by atoms with Crippen LogP contribution in [0.5, 0.6) is 0 Å². The Kier molecular flexibility index (Phi) is 4.09. The second kappa shape index (κ2) is 5.49. The van der Waals surface area contributed by atoms with Crippen molar-refractivity contribution in [2.75, 3.05) is 19.3 Å². The highest BCUT2D eigenvalue weighted by molar-refractivity contribution is 7.88. The summed E-state index contributed by atoms with van der Waals surface area (Å²) in [5.41, 5.74) is 0. The van der Waals surface area contributed by atoms with Crippen LogP contribution in [0.1, 0.15) is 31.0 Å². The molecule has 1 aromatic heterocycles. The molecule has 1 N–H and O–H groups in total. The molecule has 0 saturated carbocycles. The summed E-state index contributed by atoms with van der Waals surface area (Å²) in [5.74, 6) is 1.53. The molecule has 20 heavy (non-hydrogen) atoms. The van der Waals surface area contributed by atoms with E-state index in [1.165, 1.54) is 0 Å². The average Bonchev–Trinajstić information content (AvgIpc) is 2.69. The number of aryl methyl sites for hydroxylation is 1. The van der Waals surface area contributed by atoms with Crippen LogP contribution in [0.3, 0.4) is 0 Å². The molecule has 0 radical (unpaired) electrons. The van der Waals surface area contributed by atoms with E-state index in [4.69, 9.17) is 0 Å². The molecule has 2 heterocycles. The number of nitrogens with one attached hydrogen (secondary N) is 1. The summed E-state index contributed by atoms with van der Waals surface area (Å²) in [6.45, 7) is 5.02. The van der Waals surface area contributed by atoms with Gasteiger partial charge in [0.05, 0.1) is 18.8 Å². The van der Waals surface area contributed by atoms with Gasteiger partial charge in [0.15, 0.2) is 5.82 Å². The standard InChI is InChI=1S/C11H19N5O3S/c1-8-6-15(7-10-14-13-9(2)16(8)10)11(17)4-5-12-20(3,18)19/h8,12H,4-7H2,1-3H3. The highest BCUT2D eigenvalue weighted by Gasteiger charge is 2.27. The van der Waals surface area contributed by atoms with Crippen LogP contribution < -0.4 is 4.72 Å². The molecule has 1 atom stereocenters. The van der Waals surface area contributed by atoms with E-state index in [1.54, 1.807) is 4.90 Å². The van der Waals surface area contributed by atoms with Crippen molar-refractivity contribution in [3.05, 3.63) is 11.6 Å². The zero-order valence-electron chi connectivity index (χ0n) is 11.8. The van der Waals surface area contributed by atoms with Crippen molar-refractivity contribution in [1.29, 1.82) is 0 Å². The van der Waals surface area contributed by atoms with E-state index in [0.717, 1.165) is 17.9 Å². The lowest BCUT2D eigenvalue weighted by Gasteiger charge is -2.32. The van der Waals surface area contributed by atoms with Crippen LogP contribution in [0.2, 0.25) is 0 Å². The van der Waals surface area contributed by atoms with E-state index in [0.29, 0.717) is 13.1 Å². The number of carbonyl (C=O) groups is 1. The van der Waals surface area contributed by atoms with Gasteiger partial charge < -0.3 is 9.47 Å². The Labute approximate surface area is 118 Å². The second-order valence-electron chi connectivity index (χ2n) is 5.07. The maximum atomic E-state index is 12.1. The molecule has 112 valence electrons. The Hall–Kier alpha value is -1.48. The van der Waals surface area contributed by atoms with Crippen LogP contribution in [0.25, 0.3) is 0 Å². The topological polar surface area (TPSA) is 97.2 Å². The van der Waals surface area contributed by atoms with Crippen molar-refractivity contribution in [3.8, 4) is 0 Å². The number of amides is 1. The number of rotatable bonds is 4. The Bertz CT molecular complexity index is 610. The summed E-state index contributed by atoms with van der Waals surface area (Å²) in [7, 11) is -3.25. The Balaban J connectivity index is 1.96. The zero-order chi connectivity index (χ0) is 14.9. The van der Waals surface area contributed by atoms with Crippen LogP contribution in [0.15, 0.2) is 0 Å². The molecule has 0 aliphatic carbocycles. The van der Waals surface area contributed by atoms with Gasteiger partial charge in [0, 0.05) is 19.5 Å². The van der Waals surface area contributed by atoms with Gasteiger partial charge in [-0.1, -0.05) is 0 Å². The van der Waals surface area contributed by atoms with Gasteiger partial charge in [-0.05, 0) is 13.8 Å². The molecular weight excluding hydrogens is 282 g/mol. The van der Waals surface area contributed by atoms with Crippen LogP contribution in [-0.2, 0) is 21.4 Å². The summed E-state index contributed by atoms with van der Waals surface area (Å²) < 4.78 is 26.2. The first-order valence-electron chi connectivity index (χ1n) is 6.40. The molecule has 0 aromatic carbocycles. The summed E-state index contributed by atoms with van der Waals surface area (Å²) >= 11 is 0. The Morgan fingerprint density at radius 2 is 2.15 bits per heavy atom. The number of sulfonamides is 1. The van der Waals surface area contributed by atoms with Crippen molar-refractivity contribution in [1.82, 2.24) is 24.4 Å². The predicted molar refractivity (Wildman–Crippen MR) is 72.4 cm³/mol. The van der Waals surface area contributed by atoms with Crippen LogP contribution in [-0.4, -0.2) is 53.3 Å². The van der Waals surface area contributed by atoms with Gasteiger partial charge in [0.25, 0.3) is 0 Å². The highest BCUT2D eigenvalue weighted by Crippen LogP contribution is 2.21. The van der Waals surface area contributed by atoms with Crippen LogP contribution >= 0.6 is 0 Å². The molecule has 2 rings (SSSR count). The number of hydrogen-bond donors (Lipinski definition) is 1. The molecule has 1 amide bonds. The third-order valence-electron chi connectivity index (χ3n) is 3.25. The number of hydrogen-bond acceptors (Lipinski definition) is 5. The van der Waals surface area contributed by atoms with Gasteiger partial charge in [-0.15, -0.1) is 10.2 Å². The minimum atomic E-state index is -3.25. The molecule has 0 saturated heterocycles. The number of aromatic nitrogens is 3. The quantitative estimate of drug-likeness (QED) is 0.803. The van der Waals surface area contributed by atoms with Crippen molar-refractivity contribution in [3.63, 3.8) is 0 Å². The van der Waals surface area contributed by atoms with E-state index < -0.39 is 10.0 Å². The lowest BCUT2D eigenvalue weighted by molar-refractivity contribution is -0.133. The Morgan fingerprint density at radius 1 is 1.45 bits per heavy atom. The monoisotopic (exact) mass is 301 g/mol. The van der Waals surface area contributed by atoms with Gasteiger partial charge in [0.1, 0.15) is 5.82 Å². The molecule has 1 aromatic rings. The SMILES string of the molecule is Cc1nnc2n1C(C)CN(C(=O)CCNS(C)(=O)=O)C2. The molecule has 1 aliphatic heterocycles. The largest absolute Gasteiger partial charge is 0.333 e. The maximum Gasteiger partial charge on any atom is 0.224 e. The van der Waals surface area contributed by atoms with Crippen molar-refractivity contribution < 1.29 is 13.2 Å². The number of carbonyl (C=O) groups excluding carboxylic acids is 1. The number of nitrogens with zero attached hydrogens (tertiary/aromatic N) is 4. The molecule has 0 spiro atoms. The van der Waals surface area contributed by atoms with Gasteiger partial charge in [-0.25, -0.2) is 13.1 Å². The van der Waals surface area contributed by atoms with Gasteiger partial charge >= 0.3 is 0 Å². The Morgan fingerprint density at radius 3 is 2.80 bits per heavy atom. The lowest BCUT2D eigenvalue weighted by Crippen LogP contribution is -2.41. The number of fused-ring (bicyclic) bond motifs is 1. The van der Waals surface area contributed by atoms with Crippen LogP contribution in [0.4, 0.5) is 0 Å². The summed E-state index contributed by atoms with van der Waals surface area (Å²) in [4.78, 5) is 13.8. The molecule has 1 aliphatic rings. The molecule has 8 nitrogen and oxygen atoms in total. The maximum absolute atomic E-state index is 12.1. The second-order valence-corrected chi connectivity index (χ2v) is 6.91. The third-order valence-corrected chi connectivity index (χ3v) is 3.98. The lowest BCUT2D eigenvalue weighted by atomic mass is 10.2. The van der Waals surface area contributed by atoms with E-state index in [2.05, 4.69) is 14.9 Å². The third kappa shape index (κ3) is 3.34. The fourth-order valence-electron chi connectivity index (χ4n) is 2.42. The van der Waals surface area contributed by atoms with Crippen molar-refractivity contribution in [2.24, 2.45) is 0 Å². The molecule has 1 unspecified atom stereocenters. The summed E-state index contributed by atoms with van der Waals surface area (Å²) in [6.07, 6.45) is 1.22. The first-order valence-corrected chi connectivity index (χ1v) is 8.30. The van der Waals surface area contributed by atoms with Gasteiger partial charge in [-0.3, -0.25) is 4.79 Å². The highest BCUT2D eigenvalue weighted by atomic mass is 32.2. The van der Waals surface area contributed by atoms with E-state index in [9.17, 15) is 13.2 Å². The average molecular weight is 301 g/mol. The van der Waals surface area contributed by atoms with Crippen molar-refractivity contribution >= 4 is 15.9 Å². The predicted octanol–water partition coefficient (Wildman–Crippen LogP) is -0.571. The first-order chi connectivity index (χ1) is 9.28. The van der Waals surface area contributed by atoms with Crippen molar-refractivity contribution in [2.45, 2.75) is 32.9 Å². The normalized spacial score (nSPS) is 18.9. The first kappa shape index (κ1) is 14.9. The molecule has 9 heteroatoms. The van der Waals surface area contributed by atoms with Crippen LogP contribution in [0, 0.1) is 6.92 Å². The van der Waals surface area contributed by atoms with Gasteiger partial charge in [0.2, 0.25) is 15.9 Å². The van der Waals surface area contributed by atoms with E-state index >= 15 is 0 Å². The molecule has 0 fully saturated rings. The van der Waals surface area contributed by atoms with E-state index in [1.807, 2.05) is 18.4 Å². The summed E-state index contributed by atoms with van der Waals surface area (Å²) in [6, 6.07) is 0.126. The van der Waals surface area contributed by atoms with Gasteiger partial charge in [-0.2, -0.15) is 0 Å². The smallest absolute Gasteiger partial charge is 0.224 e. The zero-order valence-corrected chi connectivity index (χ0v) is 12.6. The molecule has 0 bridgehead atoms. The minimum absolute atomic E-state index is 0.0834. The minimum Gasteiger partial charge on any atom is -0.333 e.